The van der Waals surface area contributed by atoms with Gasteiger partial charge in [-0.3, -0.25) is 4.57 Å². The summed E-state index contributed by atoms with van der Waals surface area (Å²) in [5.41, 5.74) is 8.10. The number of nitrogens with zero attached hydrogens (tertiary/aromatic N) is 4. The molecule has 0 saturated heterocycles. The topological polar surface area (TPSA) is 126 Å². The van der Waals surface area contributed by atoms with Crippen LogP contribution in [-0.2, 0) is 27.2 Å². The van der Waals surface area contributed by atoms with E-state index in [-0.39, 0.29) is 18.6 Å². The van der Waals surface area contributed by atoms with Gasteiger partial charge >= 0.3 is 7.52 Å². The molecule has 0 aliphatic heterocycles. The first-order chi connectivity index (χ1) is 17.4. The first-order valence-corrected chi connectivity index (χ1v) is 13.5. The van der Waals surface area contributed by atoms with Gasteiger partial charge in [-0.25, -0.2) is 20.0 Å². The quantitative estimate of drug-likeness (QED) is 0.254. The second kappa shape index (κ2) is 12.1. The Bertz CT molecular complexity index is 1290. The van der Waals surface area contributed by atoms with Crippen LogP contribution in [0.1, 0.15) is 19.4 Å². The van der Waals surface area contributed by atoms with Crippen molar-refractivity contribution in [2.24, 2.45) is 0 Å². The van der Waals surface area contributed by atoms with Crippen molar-refractivity contribution in [2.75, 3.05) is 18.6 Å². The zero-order valence-corrected chi connectivity index (χ0v) is 21.3. The number of para-hydroxylation sites is 1. The maximum atomic E-state index is 13.8. The Morgan fingerprint density at radius 3 is 2.44 bits per heavy atom. The first kappa shape index (κ1) is 25.8. The lowest BCUT2D eigenvalue weighted by Gasteiger charge is -2.24. The van der Waals surface area contributed by atoms with Crippen LogP contribution in [0.15, 0.2) is 73.3 Å². The number of imidazole rings is 1. The van der Waals surface area contributed by atoms with Crippen LogP contribution in [0, 0.1) is 0 Å². The largest absolute Gasteiger partial charge is 0.431 e. The van der Waals surface area contributed by atoms with Crippen molar-refractivity contribution in [3.63, 3.8) is 0 Å². The molecule has 11 heteroatoms. The van der Waals surface area contributed by atoms with E-state index in [0.717, 1.165) is 5.56 Å². The lowest BCUT2D eigenvalue weighted by molar-refractivity contribution is 0.0547. The number of hydrogen-bond donors (Lipinski definition) is 2. The average Bonchev–Trinajstić information content (AvgIpc) is 3.30. The predicted molar refractivity (Wildman–Crippen MR) is 139 cm³/mol. The summed E-state index contributed by atoms with van der Waals surface area (Å²) >= 11 is 0. The predicted octanol–water partition coefficient (Wildman–Crippen LogP) is 4.24. The molecule has 0 amide bonds. The van der Waals surface area contributed by atoms with Crippen LogP contribution in [0.5, 0.6) is 5.75 Å². The number of benzene rings is 2. The molecule has 2 heterocycles. The van der Waals surface area contributed by atoms with Crippen molar-refractivity contribution in [3.8, 4) is 5.75 Å². The standard InChI is InChI=1S/C25H31N6O4P/c1-19(33-15-21-9-5-3-6-10-21)13-30-36(32,35-22-11-7-4-8-12-22)18-34-20(2)14-31-17-29-23-24(26)27-16-28-25(23)31/h3-12,16-17,19-20H,13-15,18H2,1-2H3,(H,30,32)(H2,26,27,28)/t19-,20-,36?/m1/s1. The van der Waals surface area contributed by atoms with Crippen molar-refractivity contribution in [2.45, 2.75) is 39.2 Å². The van der Waals surface area contributed by atoms with Crippen molar-refractivity contribution in [1.82, 2.24) is 24.6 Å². The molecule has 0 saturated carbocycles. The molecule has 4 rings (SSSR count). The lowest BCUT2D eigenvalue weighted by atomic mass is 10.2. The smallest absolute Gasteiger partial charge is 0.342 e. The summed E-state index contributed by atoms with van der Waals surface area (Å²) < 4.78 is 33.4. The Morgan fingerprint density at radius 2 is 1.69 bits per heavy atom. The summed E-state index contributed by atoms with van der Waals surface area (Å²) in [6.07, 6.45) is 2.41. The normalized spacial score (nSPS) is 14.8. The van der Waals surface area contributed by atoms with Crippen LogP contribution in [-0.4, -0.2) is 44.6 Å². The number of ether oxygens (including phenoxy) is 2. The molecular weight excluding hydrogens is 479 g/mol. The summed E-state index contributed by atoms with van der Waals surface area (Å²) in [4.78, 5) is 12.5. The zero-order valence-electron chi connectivity index (χ0n) is 20.4. The van der Waals surface area contributed by atoms with Crippen molar-refractivity contribution in [3.05, 3.63) is 78.9 Å². The third kappa shape index (κ3) is 7.11. The fourth-order valence-electron chi connectivity index (χ4n) is 3.48. The highest BCUT2D eigenvalue weighted by Gasteiger charge is 2.27. The van der Waals surface area contributed by atoms with E-state index in [4.69, 9.17) is 19.7 Å². The van der Waals surface area contributed by atoms with Gasteiger partial charge in [0.25, 0.3) is 0 Å². The van der Waals surface area contributed by atoms with Crippen LogP contribution in [0.3, 0.4) is 0 Å². The lowest BCUT2D eigenvalue weighted by Crippen LogP contribution is -2.29. The molecule has 2 aromatic heterocycles. The van der Waals surface area contributed by atoms with E-state index in [9.17, 15) is 4.57 Å². The van der Waals surface area contributed by atoms with Crippen molar-refractivity contribution < 1.29 is 18.6 Å². The van der Waals surface area contributed by atoms with Crippen LogP contribution < -0.4 is 15.3 Å². The van der Waals surface area contributed by atoms with Gasteiger partial charge in [0.1, 0.15) is 23.9 Å². The summed E-state index contributed by atoms with van der Waals surface area (Å²) in [6.45, 7) is 5.04. The highest BCUT2D eigenvalue weighted by Crippen LogP contribution is 2.43. The van der Waals surface area contributed by atoms with Crippen LogP contribution >= 0.6 is 7.52 Å². The second-order valence-electron chi connectivity index (χ2n) is 8.48. The first-order valence-electron chi connectivity index (χ1n) is 11.7. The Hall–Kier alpha value is -3.30. The van der Waals surface area contributed by atoms with E-state index in [1.165, 1.54) is 6.33 Å². The molecule has 4 aromatic rings. The number of anilines is 1. The van der Waals surface area contributed by atoms with E-state index in [0.29, 0.717) is 42.4 Å². The van der Waals surface area contributed by atoms with Gasteiger partial charge in [-0.15, -0.1) is 0 Å². The van der Waals surface area contributed by atoms with Gasteiger partial charge in [0, 0.05) is 6.54 Å². The van der Waals surface area contributed by atoms with Gasteiger partial charge < -0.3 is 24.3 Å². The number of hydrogen-bond acceptors (Lipinski definition) is 8. The van der Waals surface area contributed by atoms with E-state index in [1.54, 1.807) is 18.5 Å². The average molecular weight is 511 g/mol. The van der Waals surface area contributed by atoms with Gasteiger partial charge in [-0.05, 0) is 31.5 Å². The Kier molecular flexibility index (Phi) is 8.66. The molecule has 1 unspecified atom stereocenters. The number of nitrogens with one attached hydrogen (secondary N) is 1. The molecule has 2 aromatic carbocycles. The molecule has 0 spiro atoms. The summed E-state index contributed by atoms with van der Waals surface area (Å²) in [5, 5.41) is 3.06. The van der Waals surface area contributed by atoms with Gasteiger partial charge in [-0.2, -0.15) is 0 Å². The minimum atomic E-state index is -3.41. The molecule has 3 N–H and O–H groups in total. The molecule has 0 fully saturated rings. The van der Waals surface area contributed by atoms with Crippen LogP contribution in [0.2, 0.25) is 0 Å². The Labute approximate surface area is 210 Å². The molecule has 0 bridgehead atoms. The van der Waals surface area contributed by atoms with Crippen LogP contribution in [0.25, 0.3) is 11.2 Å². The molecule has 190 valence electrons. The molecular formula is C25H31N6O4P. The van der Waals surface area contributed by atoms with E-state index < -0.39 is 7.52 Å². The van der Waals surface area contributed by atoms with Gasteiger partial charge in [0.2, 0.25) is 0 Å². The highest BCUT2D eigenvalue weighted by atomic mass is 31.2. The van der Waals surface area contributed by atoms with Crippen molar-refractivity contribution in [1.29, 1.82) is 0 Å². The fourth-order valence-corrected chi connectivity index (χ4v) is 5.14. The van der Waals surface area contributed by atoms with E-state index >= 15 is 0 Å². The molecule has 0 aliphatic rings. The molecule has 36 heavy (non-hydrogen) atoms. The third-order valence-electron chi connectivity index (χ3n) is 5.41. The number of nitrogens with two attached hydrogens (primary N) is 1. The SMILES string of the molecule is C[C@H](CNP(=O)(CO[C@H](C)Cn1cnc2c(N)ncnc21)Oc1ccccc1)OCc1ccccc1. The summed E-state index contributed by atoms with van der Waals surface area (Å²) in [6, 6.07) is 18.9. The minimum absolute atomic E-state index is 0.127. The molecule has 3 atom stereocenters. The summed E-state index contributed by atoms with van der Waals surface area (Å²) in [5.74, 6) is 0.816. The maximum Gasteiger partial charge on any atom is 0.342 e. The molecule has 10 nitrogen and oxygen atoms in total. The maximum absolute atomic E-state index is 13.8. The zero-order chi connectivity index (χ0) is 25.4. The number of fused-ring (bicyclic) bond motifs is 1. The van der Waals surface area contributed by atoms with E-state index in [2.05, 4.69) is 20.0 Å². The monoisotopic (exact) mass is 510 g/mol. The number of nitrogen functional groups attached to an aromatic ring is 1. The number of aromatic nitrogens is 4. The Morgan fingerprint density at radius 1 is 0.972 bits per heavy atom. The van der Waals surface area contributed by atoms with Gasteiger partial charge in [0.15, 0.2) is 11.5 Å². The minimum Gasteiger partial charge on any atom is -0.431 e. The summed E-state index contributed by atoms with van der Waals surface area (Å²) in [7, 11) is -3.41. The Balaban J connectivity index is 1.36. The highest BCUT2D eigenvalue weighted by molar-refractivity contribution is 7.57. The fraction of sp³-hybridized carbons (Fsp3) is 0.320. The third-order valence-corrected chi connectivity index (χ3v) is 7.06. The van der Waals surface area contributed by atoms with Crippen molar-refractivity contribution >= 4 is 24.5 Å². The van der Waals surface area contributed by atoms with E-state index in [1.807, 2.05) is 66.9 Å². The van der Waals surface area contributed by atoms with Crippen LogP contribution in [0.4, 0.5) is 5.82 Å². The molecule has 0 aliphatic carbocycles. The second-order valence-corrected chi connectivity index (χ2v) is 10.6. The number of rotatable bonds is 13. The van der Waals surface area contributed by atoms with Gasteiger partial charge in [-0.1, -0.05) is 48.5 Å². The molecule has 0 radical (unpaired) electrons. The van der Waals surface area contributed by atoms with Gasteiger partial charge in [0.05, 0.1) is 31.7 Å².